The van der Waals surface area contributed by atoms with E-state index >= 15 is 0 Å². The highest BCUT2D eigenvalue weighted by atomic mass is 31.2. The first-order valence-corrected chi connectivity index (χ1v) is 24.0. The molecule has 0 radical (unpaired) electrons. The monoisotopic (exact) mass is 836 g/mol. The van der Waals surface area contributed by atoms with Gasteiger partial charge in [-0.2, -0.15) is 0 Å². The summed E-state index contributed by atoms with van der Waals surface area (Å²) in [6.07, 6.45) is 48.2. The van der Waals surface area contributed by atoms with Gasteiger partial charge >= 0.3 is 19.8 Å². The van der Waals surface area contributed by atoms with E-state index in [0.29, 0.717) is 19.3 Å². The molecule has 4 N–H and O–H groups in total. The Bertz CT molecular complexity index is 1200. The molecule has 0 aromatic carbocycles. The van der Waals surface area contributed by atoms with Gasteiger partial charge in [0.1, 0.15) is 6.61 Å². The SMILES string of the molecule is CCCCC/C=C\C/C=C\C/C=C\C=C\[C@@H](O)CCCC(=O)OC[C@H](COP(=O)(O)OCCN)OC(=O)CCCCCCCCCCC/C=C\C/C=C\CCCCC. The predicted molar refractivity (Wildman–Crippen MR) is 239 cm³/mol. The van der Waals surface area contributed by atoms with E-state index in [1.165, 1.54) is 77.0 Å². The summed E-state index contributed by atoms with van der Waals surface area (Å²) in [5.74, 6) is -1.04. The fraction of sp³-hybridized carbons (Fsp3) is 0.702. The lowest BCUT2D eigenvalue weighted by Gasteiger charge is -2.20. The summed E-state index contributed by atoms with van der Waals surface area (Å²) in [5, 5.41) is 10.2. The molecular formula is C47H82NO9P. The number of hydrogen-bond acceptors (Lipinski definition) is 9. The number of carbonyl (C=O) groups excluding carboxylic acids is 2. The number of carbonyl (C=O) groups is 2. The van der Waals surface area contributed by atoms with E-state index in [9.17, 15) is 24.2 Å². The maximum atomic E-state index is 12.6. The number of esters is 2. The van der Waals surface area contributed by atoms with Gasteiger partial charge in [0.2, 0.25) is 0 Å². The van der Waals surface area contributed by atoms with Gasteiger partial charge in [0.15, 0.2) is 6.10 Å². The molecule has 0 aliphatic carbocycles. The molecule has 1 unspecified atom stereocenters. The number of hydrogen-bond donors (Lipinski definition) is 3. The Labute approximate surface area is 353 Å². The van der Waals surface area contributed by atoms with Crippen molar-refractivity contribution in [1.29, 1.82) is 0 Å². The molecular weight excluding hydrogens is 753 g/mol. The van der Waals surface area contributed by atoms with Gasteiger partial charge in [0.25, 0.3) is 0 Å². The van der Waals surface area contributed by atoms with Gasteiger partial charge in [-0.1, -0.05) is 157 Å². The molecule has 0 amide bonds. The molecule has 0 bridgehead atoms. The van der Waals surface area contributed by atoms with Crippen molar-refractivity contribution >= 4 is 19.8 Å². The average molecular weight is 836 g/mol. The van der Waals surface area contributed by atoms with E-state index in [0.717, 1.165) is 51.4 Å². The van der Waals surface area contributed by atoms with Gasteiger partial charge in [0.05, 0.1) is 19.3 Å². The third kappa shape index (κ3) is 41.6. The summed E-state index contributed by atoms with van der Waals surface area (Å²) in [6, 6.07) is 0. The second-order valence-corrected chi connectivity index (χ2v) is 16.2. The van der Waals surface area contributed by atoms with Crippen LogP contribution in [-0.2, 0) is 32.7 Å². The van der Waals surface area contributed by atoms with Crippen molar-refractivity contribution in [2.75, 3.05) is 26.4 Å². The van der Waals surface area contributed by atoms with Crippen LogP contribution in [0.15, 0.2) is 72.9 Å². The van der Waals surface area contributed by atoms with E-state index in [2.05, 4.69) is 62.5 Å². The van der Waals surface area contributed by atoms with Crippen LogP contribution in [0.25, 0.3) is 0 Å². The van der Waals surface area contributed by atoms with E-state index in [-0.39, 0.29) is 32.6 Å². The zero-order valence-corrected chi connectivity index (χ0v) is 37.3. The lowest BCUT2D eigenvalue weighted by molar-refractivity contribution is -0.161. The van der Waals surface area contributed by atoms with Crippen LogP contribution in [0.4, 0.5) is 0 Å². The second-order valence-electron chi connectivity index (χ2n) is 14.8. The standard InChI is InChI=1S/C47H82NO9P/c1-3-5-7-9-11-13-15-17-18-19-20-21-22-24-26-28-30-32-34-38-47(51)57-45(43-56-58(52,53)55-41-40-48)42-54-46(50)39-35-37-44(49)36-33-31-29-27-25-23-16-14-12-10-8-6-4-2/h11-14,17-18,23,25,29,31,33,36,44-45,49H,3-10,15-16,19-22,24,26-28,30,32,34-35,37-43,48H2,1-2H3,(H,52,53)/b13-11-,14-12-,18-17-,25-23-,31-29-,36-33+/t44-,45-/m1/s1. The first kappa shape index (κ1) is 55.4. The quantitative estimate of drug-likeness (QED) is 0.0178. The normalized spacial score (nSPS) is 14.5. The van der Waals surface area contributed by atoms with Crippen LogP contribution in [0.2, 0.25) is 0 Å². The maximum absolute atomic E-state index is 12.6. The molecule has 0 fully saturated rings. The minimum Gasteiger partial charge on any atom is -0.462 e. The lowest BCUT2D eigenvalue weighted by Crippen LogP contribution is -2.29. The molecule has 0 aliphatic rings. The zero-order chi connectivity index (χ0) is 42.6. The Morgan fingerprint density at radius 1 is 0.603 bits per heavy atom. The number of allylic oxidation sites excluding steroid dienone is 11. The number of aliphatic hydroxyl groups excluding tert-OH is 1. The van der Waals surface area contributed by atoms with Gasteiger partial charge in [-0.25, -0.2) is 4.57 Å². The van der Waals surface area contributed by atoms with Crippen molar-refractivity contribution in [3.05, 3.63) is 72.9 Å². The maximum Gasteiger partial charge on any atom is 0.472 e. The molecule has 0 saturated heterocycles. The van der Waals surface area contributed by atoms with Crippen LogP contribution in [0.1, 0.15) is 174 Å². The van der Waals surface area contributed by atoms with Crippen molar-refractivity contribution in [2.45, 2.75) is 187 Å². The molecule has 0 aliphatic heterocycles. The minimum atomic E-state index is -4.43. The van der Waals surface area contributed by atoms with Gasteiger partial charge < -0.3 is 25.2 Å². The Hall–Kier alpha value is -2.59. The smallest absolute Gasteiger partial charge is 0.462 e. The predicted octanol–water partition coefficient (Wildman–Crippen LogP) is 12.0. The molecule has 334 valence electrons. The number of nitrogens with two attached hydrogens (primary N) is 1. The van der Waals surface area contributed by atoms with Crippen molar-refractivity contribution < 1.29 is 42.7 Å². The highest BCUT2D eigenvalue weighted by molar-refractivity contribution is 7.47. The molecule has 11 heteroatoms. The first-order chi connectivity index (χ1) is 28.2. The summed E-state index contributed by atoms with van der Waals surface area (Å²) in [4.78, 5) is 34.9. The molecule has 0 spiro atoms. The number of rotatable bonds is 41. The largest absolute Gasteiger partial charge is 0.472 e. The Balaban J connectivity index is 4.32. The van der Waals surface area contributed by atoms with Crippen LogP contribution < -0.4 is 5.73 Å². The van der Waals surface area contributed by atoms with E-state index in [1.807, 2.05) is 12.2 Å². The lowest BCUT2D eigenvalue weighted by atomic mass is 10.1. The fourth-order valence-electron chi connectivity index (χ4n) is 5.77. The first-order valence-electron chi connectivity index (χ1n) is 22.5. The van der Waals surface area contributed by atoms with E-state index < -0.39 is 38.6 Å². The molecule has 58 heavy (non-hydrogen) atoms. The molecule has 10 nitrogen and oxygen atoms in total. The van der Waals surface area contributed by atoms with Crippen LogP contribution in [0, 0.1) is 0 Å². The van der Waals surface area contributed by atoms with Gasteiger partial charge in [0, 0.05) is 19.4 Å². The topological polar surface area (TPSA) is 155 Å². The van der Waals surface area contributed by atoms with Crippen LogP contribution >= 0.6 is 7.82 Å². The van der Waals surface area contributed by atoms with E-state index in [4.69, 9.17) is 24.3 Å². The summed E-state index contributed by atoms with van der Waals surface area (Å²) in [6.45, 7) is 3.44. The zero-order valence-electron chi connectivity index (χ0n) is 36.4. The number of ether oxygens (including phenoxy) is 2. The van der Waals surface area contributed by atoms with Gasteiger partial charge in [-0.05, 0) is 77.0 Å². The summed E-state index contributed by atoms with van der Waals surface area (Å²) in [5.41, 5.74) is 5.34. The third-order valence-corrected chi connectivity index (χ3v) is 10.2. The third-order valence-electron chi connectivity index (χ3n) is 9.17. The molecule has 0 aromatic heterocycles. The highest BCUT2D eigenvalue weighted by Gasteiger charge is 2.26. The molecule has 3 atom stereocenters. The van der Waals surface area contributed by atoms with Gasteiger partial charge in [-0.15, -0.1) is 0 Å². The second kappa shape index (κ2) is 42.5. The number of phosphoric acid groups is 1. The summed E-state index contributed by atoms with van der Waals surface area (Å²) in [7, 11) is -4.43. The number of unbranched alkanes of at least 4 members (excludes halogenated alkanes) is 15. The Morgan fingerprint density at radius 3 is 1.67 bits per heavy atom. The van der Waals surface area contributed by atoms with Crippen LogP contribution in [-0.4, -0.2) is 60.5 Å². The molecule has 0 saturated carbocycles. The number of aliphatic hydroxyl groups is 1. The Kier molecular flexibility index (Phi) is 40.6. The number of phosphoric ester groups is 1. The van der Waals surface area contributed by atoms with Crippen molar-refractivity contribution in [3.63, 3.8) is 0 Å². The molecule has 0 aromatic rings. The van der Waals surface area contributed by atoms with Gasteiger partial charge in [-0.3, -0.25) is 18.6 Å². The molecule has 0 heterocycles. The van der Waals surface area contributed by atoms with E-state index in [1.54, 1.807) is 12.2 Å². The van der Waals surface area contributed by atoms with Crippen LogP contribution in [0.3, 0.4) is 0 Å². The van der Waals surface area contributed by atoms with Crippen molar-refractivity contribution in [2.24, 2.45) is 5.73 Å². The fourth-order valence-corrected chi connectivity index (χ4v) is 6.53. The minimum absolute atomic E-state index is 0.0237. The molecule has 0 rings (SSSR count). The summed E-state index contributed by atoms with van der Waals surface area (Å²) < 4.78 is 32.7. The summed E-state index contributed by atoms with van der Waals surface area (Å²) >= 11 is 0. The average Bonchev–Trinajstić information content (AvgIpc) is 3.20. The van der Waals surface area contributed by atoms with Crippen molar-refractivity contribution in [1.82, 2.24) is 0 Å². The van der Waals surface area contributed by atoms with Crippen molar-refractivity contribution in [3.8, 4) is 0 Å². The Morgan fingerprint density at radius 2 is 1.10 bits per heavy atom. The van der Waals surface area contributed by atoms with Crippen LogP contribution in [0.5, 0.6) is 0 Å². The highest BCUT2D eigenvalue weighted by Crippen LogP contribution is 2.43.